The normalized spacial score (nSPS) is 18.5. The number of hydrogen-bond donors (Lipinski definition) is 0. The van der Waals surface area contributed by atoms with E-state index in [1.807, 2.05) is 6.07 Å². The van der Waals surface area contributed by atoms with Gasteiger partial charge in [-0.05, 0) is 37.2 Å². The largest absolute Gasteiger partial charge is 0.360 e. The van der Waals surface area contributed by atoms with E-state index in [1.165, 1.54) is 18.4 Å². The zero-order valence-electron chi connectivity index (χ0n) is 10.6. The van der Waals surface area contributed by atoms with Gasteiger partial charge in [0.2, 0.25) is 0 Å². The molecule has 2 aromatic rings. The summed E-state index contributed by atoms with van der Waals surface area (Å²) in [5, 5.41) is 4.18. The first-order valence-electron chi connectivity index (χ1n) is 6.92. The van der Waals surface area contributed by atoms with E-state index >= 15 is 0 Å². The third kappa shape index (κ3) is 1.81. The van der Waals surface area contributed by atoms with Gasteiger partial charge < -0.3 is 4.52 Å². The average molecular weight is 253 g/mol. The summed E-state index contributed by atoms with van der Waals surface area (Å²) in [6.07, 6.45) is 5.60. The fourth-order valence-corrected chi connectivity index (χ4v) is 2.72. The molecule has 0 atom stereocenters. The molecule has 0 radical (unpaired) electrons. The van der Waals surface area contributed by atoms with Gasteiger partial charge in [0.1, 0.15) is 5.69 Å². The van der Waals surface area contributed by atoms with Crippen LogP contribution in [0.15, 0.2) is 28.8 Å². The molecular weight excluding hydrogens is 238 g/mol. The molecule has 0 amide bonds. The van der Waals surface area contributed by atoms with Crippen LogP contribution < -0.4 is 0 Å². The molecule has 0 aliphatic heterocycles. The summed E-state index contributed by atoms with van der Waals surface area (Å²) < 4.78 is 5.44. The van der Waals surface area contributed by atoms with Crippen LogP contribution in [-0.4, -0.2) is 11.4 Å². The molecule has 19 heavy (non-hydrogen) atoms. The highest BCUT2D eigenvalue weighted by Gasteiger charge is 2.34. The molecule has 2 fully saturated rings. The first kappa shape index (κ1) is 11.0. The molecular formula is C16H15NO2. The van der Waals surface area contributed by atoms with Crippen molar-refractivity contribution in [1.29, 1.82) is 0 Å². The Balaban J connectivity index is 1.85. The van der Waals surface area contributed by atoms with Crippen molar-refractivity contribution in [3.05, 3.63) is 41.2 Å². The summed E-state index contributed by atoms with van der Waals surface area (Å²) in [6, 6.07) is 8.25. The molecule has 0 saturated heterocycles. The van der Waals surface area contributed by atoms with E-state index in [-0.39, 0.29) is 0 Å². The SMILES string of the molecule is O=Cc1c(-c2ccccc2C2CC2)noc1C1CC1. The topological polar surface area (TPSA) is 43.1 Å². The van der Waals surface area contributed by atoms with E-state index in [1.54, 1.807) is 0 Å². The van der Waals surface area contributed by atoms with E-state index in [4.69, 9.17) is 4.52 Å². The number of aromatic nitrogens is 1. The minimum absolute atomic E-state index is 0.412. The van der Waals surface area contributed by atoms with E-state index in [0.717, 1.165) is 36.1 Å². The predicted octanol–water partition coefficient (Wildman–Crippen LogP) is 3.91. The Kier molecular flexibility index (Phi) is 2.34. The first-order valence-corrected chi connectivity index (χ1v) is 6.92. The highest BCUT2D eigenvalue weighted by atomic mass is 16.5. The van der Waals surface area contributed by atoms with Crippen molar-refractivity contribution in [3.63, 3.8) is 0 Å². The van der Waals surface area contributed by atoms with Crippen LogP contribution in [0, 0.1) is 0 Å². The number of aldehydes is 1. The van der Waals surface area contributed by atoms with Crippen molar-refractivity contribution in [1.82, 2.24) is 5.16 Å². The Hall–Kier alpha value is -1.90. The molecule has 0 N–H and O–H groups in total. The molecule has 0 spiro atoms. The molecule has 3 nitrogen and oxygen atoms in total. The van der Waals surface area contributed by atoms with Crippen molar-refractivity contribution in [2.75, 3.05) is 0 Å². The molecule has 2 aliphatic carbocycles. The van der Waals surface area contributed by atoms with Gasteiger partial charge in [-0.3, -0.25) is 4.79 Å². The fraction of sp³-hybridized carbons (Fsp3) is 0.375. The van der Waals surface area contributed by atoms with Crippen LogP contribution in [0.25, 0.3) is 11.3 Å². The van der Waals surface area contributed by atoms with Gasteiger partial charge >= 0.3 is 0 Å². The average Bonchev–Trinajstić information content (AvgIpc) is 3.35. The summed E-state index contributed by atoms with van der Waals surface area (Å²) in [5.74, 6) is 1.84. The van der Waals surface area contributed by atoms with E-state index < -0.39 is 0 Å². The van der Waals surface area contributed by atoms with Gasteiger partial charge in [-0.25, -0.2) is 0 Å². The first-order chi connectivity index (χ1) is 9.38. The van der Waals surface area contributed by atoms with Crippen molar-refractivity contribution < 1.29 is 9.32 Å². The highest BCUT2D eigenvalue weighted by Crippen LogP contribution is 2.47. The quantitative estimate of drug-likeness (QED) is 0.776. The number of benzene rings is 1. The maximum absolute atomic E-state index is 11.4. The molecule has 4 rings (SSSR count). The second-order valence-electron chi connectivity index (χ2n) is 5.56. The van der Waals surface area contributed by atoms with Crippen LogP contribution in [0.5, 0.6) is 0 Å². The lowest BCUT2D eigenvalue weighted by molar-refractivity contribution is 0.112. The fourth-order valence-electron chi connectivity index (χ4n) is 2.72. The zero-order valence-corrected chi connectivity index (χ0v) is 10.6. The van der Waals surface area contributed by atoms with Gasteiger partial charge in [-0.15, -0.1) is 0 Å². The Labute approximate surface area is 111 Å². The molecule has 1 heterocycles. The summed E-state index contributed by atoms with van der Waals surface area (Å²) in [5.41, 5.74) is 3.78. The third-order valence-corrected chi connectivity index (χ3v) is 4.05. The Morgan fingerprint density at radius 2 is 1.84 bits per heavy atom. The molecule has 0 unspecified atom stereocenters. The summed E-state index contributed by atoms with van der Waals surface area (Å²) >= 11 is 0. The minimum Gasteiger partial charge on any atom is -0.360 e. The van der Waals surface area contributed by atoms with Crippen LogP contribution in [0.1, 0.15) is 59.2 Å². The van der Waals surface area contributed by atoms with Gasteiger partial charge in [-0.1, -0.05) is 29.4 Å². The van der Waals surface area contributed by atoms with Crippen LogP contribution >= 0.6 is 0 Å². The van der Waals surface area contributed by atoms with Crippen molar-refractivity contribution >= 4 is 6.29 Å². The number of carbonyl (C=O) groups is 1. The summed E-state index contributed by atoms with van der Waals surface area (Å²) in [7, 11) is 0. The van der Waals surface area contributed by atoms with Crippen molar-refractivity contribution in [3.8, 4) is 11.3 Å². The molecule has 96 valence electrons. The number of carbonyl (C=O) groups excluding carboxylic acids is 1. The second-order valence-corrected chi connectivity index (χ2v) is 5.56. The van der Waals surface area contributed by atoms with E-state index in [0.29, 0.717) is 17.4 Å². The van der Waals surface area contributed by atoms with Gasteiger partial charge in [0.05, 0.1) is 5.56 Å². The molecule has 2 saturated carbocycles. The van der Waals surface area contributed by atoms with Gasteiger partial charge in [0.15, 0.2) is 12.0 Å². The van der Waals surface area contributed by atoms with Gasteiger partial charge in [0.25, 0.3) is 0 Å². The van der Waals surface area contributed by atoms with Crippen LogP contribution in [0.4, 0.5) is 0 Å². The molecule has 1 aromatic heterocycles. The zero-order chi connectivity index (χ0) is 12.8. The van der Waals surface area contributed by atoms with Crippen LogP contribution in [0.3, 0.4) is 0 Å². The van der Waals surface area contributed by atoms with E-state index in [2.05, 4.69) is 23.4 Å². The van der Waals surface area contributed by atoms with Crippen LogP contribution in [-0.2, 0) is 0 Å². The monoisotopic (exact) mass is 253 g/mol. The van der Waals surface area contributed by atoms with E-state index in [9.17, 15) is 4.79 Å². The molecule has 0 bridgehead atoms. The maximum Gasteiger partial charge on any atom is 0.155 e. The Bertz CT molecular complexity index is 636. The van der Waals surface area contributed by atoms with Gasteiger partial charge in [-0.2, -0.15) is 0 Å². The predicted molar refractivity (Wildman–Crippen MR) is 71.3 cm³/mol. The van der Waals surface area contributed by atoms with Crippen molar-refractivity contribution in [2.24, 2.45) is 0 Å². The smallest absolute Gasteiger partial charge is 0.155 e. The number of nitrogens with zero attached hydrogens (tertiary/aromatic N) is 1. The second kappa shape index (κ2) is 4.05. The van der Waals surface area contributed by atoms with Gasteiger partial charge in [0, 0.05) is 11.5 Å². The van der Waals surface area contributed by atoms with Crippen molar-refractivity contribution in [2.45, 2.75) is 37.5 Å². The summed E-state index contributed by atoms with van der Waals surface area (Å²) in [4.78, 5) is 11.4. The molecule has 3 heteroatoms. The molecule has 1 aromatic carbocycles. The summed E-state index contributed by atoms with van der Waals surface area (Å²) in [6.45, 7) is 0. The molecule has 2 aliphatic rings. The minimum atomic E-state index is 0.412. The third-order valence-electron chi connectivity index (χ3n) is 4.05. The van der Waals surface area contributed by atoms with Crippen LogP contribution in [0.2, 0.25) is 0 Å². The highest BCUT2D eigenvalue weighted by molar-refractivity contribution is 5.88. The number of hydrogen-bond acceptors (Lipinski definition) is 3. The Morgan fingerprint density at radius 1 is 1.11 bits per heavy atom. The lowest BCUT2D eigenvalue weighted by Crippen LogP contribution is -1.92. The number of rotatable bonds is 4. The lowest BCUT2D eigenvalue weighted by Gasteiger charge is -2.05. The standard InChI is InChI=1S/C16H15NO2/c18-9-14-15(17-19-16(14)11-7-8-11)13-4-2-1-3-12(13)10-5-6-10/h1-4,9-11H,5-8H2. The Morgan fingerprint density at radius 3 is 2.53 bits per heavy atom. The maximum atomic E-state index is 11.4. The lowest BCUT2D eigenvalue weighted by atomic mass is 9.97.